The van der Waals surface area contributed by atoms with E-state index in [1.807, 2.05) is 0 Å². The first-order chi connectivity index (χ1) is 11.2. The number of hydrogen-bond acceptors (Lipinski definition) is 3. The molecule has 0 saturated carbocycles. The second-order valence-corrected chi connectivity index (χ2v) is 6.62. The number of carboxylic acid groups (broad SMARTS) is 1. The molecule has 0 rings (SSSR count). The van der Waals surface area contributed by atoms with Crippen molar-refractivity contribution in [1.82, 2.24) is 5.32 Å². The van der Waals surface area contributed by atoms with E-state index in [0.29, 0.717) is 6.54 Å². The molecule has 0 bridgehead atoms. The van der Waals surface area contributed by atoms with E-state index in [1.165, 1.54) is 77.0 Å². The van der Waals surface area contributed by atoms with Crippen molar-refractivity contribution in [2.45, 2.75) is 103 Å². The standard InChI is InChI=1S/C19H39NO3/c1-2-3-4-5-6-7-8-9-10-11-12-13-14-15-16-20-18(17-21)19(22)23/h18,20-21H,2-17H2,1H3,(H,22,23). The maximum absolute atomic E-state index is 10.7. The summed E-state index contributed by atoms with van der Waals surface area (Å²) in [6.07, 6.45) is 18.5. The van der Waals surface area contributed by atoms with Crippen molar-refractivity contribution in [3.63, 3.8) is 0 Å². The van der Waals surface area contributed by atoms with Gasteiger partial charge in [0.15, 0.2) is 0 Å². The molecule has 138 valence electrons. The summed E-state index contributed by atoms with van der Waals surface area (Å²) in [6.45, 7) is 2.60. The number of carboxylic acids is 1. The minimum atomic E-state index is -0.974. The van der Waals surface area contributed by atoms with Crippen molar-refractivity contribution in [2.24, 2.45) is 0 Å². The van der Waals surface area contributed by atoms with Crippen LogP contribution in [-0.4, -0.2) is 35.4 Å². The summed E-state index contributed by atoms with van der Waals surface area (Å²) in [6, 6.07) is -0.808. The minimum Gasteiger partial charge on any atom is -0.480 e. The molecule has 1 unspecified atom stereocenters. The third-order valence-corrected chi connectivity index (χ3v) is 4.40. The number of aliphatic hydroxyl groups excluding tert-OH is 1. The lowest BCUT2D eigenvalue weighted by Gasteiger charge is -2.10. The van der Waals surface area contributed by atoms with Gasteiger partial charge in [-0.15, -0.1) is 0 Å². The van der Waals surface area contributed by atoms with Gasteiger partial charge in [-0.05, 0) is 13.0 Å². The Balaban J connectivity index is 3.12. The van der Waals surface area contributed by atoms with E-state index in [4.69, 9.17) is 10.2 Å². The van der Waals surface area contributed by atoms with Crippen molar-refractivity contribution >= 4 is 5.97 Å². The number of carbonyl (C=O) groups is 1. The van der Waals surface area contributed by atoms with Gasteiger partial charge in [-0.2, -0.15) is 0 Å². The van der Waals surface area contributed by atoms with Crippen LogP contribution >= 0.6 is 0 Å². The molecular weight excluding hydrogens is 290 g/mol. The number of aliphatic carboxylic acids is 1. The summed E-state index contributed by atoms with van der Waals surface area (Å²) in [5.41, 5.74) is 0. The predicted molar refractivity (Wildman–Crippen MR) is 96.8 cm³/mol. The molecule has 4 heteroatoms. The molecule has 0 amide bonds. The molecule has 0 aliphatic carbocycles. The number of rotatable bonds is 18. The molecule has 0 fully saturated rings. The summed E-state index contributed by atoms with van der Waals surface area (Å²) in [4.78, 5) is 10.7. The Kier molecular flexibility index (Phi) is 17.3. The summed E-state index contributed by atoms with van der Waals surface area (Å²) in [5, 5.41) is 20.5. The van der Waals surface area contributed by atoms with Gasteiger partial charge >= 0.3 is 5.97 Å². The molecule has 0 aromatic carbocycles. The highest BCUT2D eigenvalue weighted by molar-refractivity contribution is 5.73. The highest BCUT2D eigenvalue weighted by Crippen LogP contribution is 2.12. The number of aliphatic hydroxyl groups is 1. The van der Waals surface area contributed by atoms with Crippen LogP contribution in [0.2, 0.25) is 0 Å². The quantitative estimate of drug-likeness (QED) is 0.324. The van der Waals surface area contributed by atoms with Crippen LogP contribution in [0.3, 0.4) is 0 Å². The van der Waals surface area contributed by atoms with Crippen LogP contribution in [-0.2, 0) is 4.79 Å². The maximum atomic E-state index is 10.7. The van der Waals surface area contributed by atoms with Gasteiger partial charge in [0.25, 0.3) is 0 Å². The van der Waals surface area contributed by atoms with Crippen LogP contribution in [0.5, 0.6) is 0 Å². The normalized spacial score (nSPS) is 12.4. The average molecular weight is 330 g/mol. The van der Waals surface area contributed by atoms with E-state index in [1.54, 1.807) is 0 Å². The smallest absolute Gasteiger partial charge is 0.323 e. The molecule has 0 aromatic heterocycles. The van der Waals surface area contributed by atoms with Crippen LogP contribution in [0.1, 0.15) is 96.8 Å². The molecule has 4 nitrogen and oxygen atoms in total. The van der Waals surface area contributed by atoms with E-state index in [-0.39, 0.29) is 6.61 Å². The molecule has 3 N–H and O–H groups in total. The van der Waals surface area contributed by atoms with Crippen molar-refractivity contribution in [2.75, 3.05) is 13.2 Å². The van der Waals surface area contributed by atoms with Crippen molar-refractivity contribution in [1.29, 1.82) is 0 Å². The van der Waals surface area contributed by atoms with E-state index in [0.717, 1.165) is 12.8 Å². The van der Waals surface area contributed by atoms with Gasteiger partial charge in [-0.1, -0.05) is 90.4 Å². The Hall–Kier alpha value is -0.610. The van der Waals surface area contributed by atoms with E-state index in [9.17, 15) is 4.79 Å². The second-order valence-electron chi connectivity index (χ2n) is 6.62. The molecule has 0 aliphatic rings. The zero-order valence-corrected chi connectivity index (χ0v) is 15.2. The zero-order valence-electron chi connectivity index (χ0n) is 15.2. The molecule has 0 aromatic rings. The first-order valence-corrected chi connectivity index (χ1v) is 9.79. The summed E-state index contributed by atoms with van der Waals surface area (Å²) in [7, 11) is 0. The molecule has 0 saturated heterocycles. The first-order valence-electron chi connectivity index (χ1n) is 9.79. The zero-order chi connectivity index (χ0) is 17.2. The van der Waals surface area contributed by atoms with Crippen molar-refractivity contribution in [3.05, 3.63) is 0 Å². The average Bonchev–Trinajstić information content (AvgIpc) is 2.54. The van der Waals surface area contributed by atoms with E-state index >= 15 is 0 Å². The van der Waals surface area contributed by atoms with E-state index in [2.05, 4.69) is 12.2 Å². The Morgan fingerprint density at radius 3 is 1.52 bits per heavy atom. The highest BCUT2D eigenvalue weighted by atomic mass is 16.4. The van der Waals surface area contributed by atoms with Gasteiger partial charge in [-0.25, -0.2) is 0 Å². The largest absolute Gasteiger partial charge is 0.480 e. The molecule has 1 atom stereocenters. The van der Waals surface area contributed by atoms with Crippen LogP contribution in [0, 0.1) is 0 Å². The molecule has 0 radical (unpaired) electrons. The molecular formula is C19H39NO3. The monoisotopic (exact) mass is 329 g/mol. The first kappa shape index (κ1) is 22.4. The Morgan fingerprint density at radius 2 is 1.17 bits per heavy atom. The third-order valence-electron chi connectivity index (χ3n) is 4.40. The van der Waals surface area contributed by atoms with Gasteiger partial charge in [0.1, 0.15) is 6.04 Å². The van der Waals surface area contributed by atoms with Gasteiger partial charge in [0, 0.05) is 0 Å². The summed E-state index contributed by atoms with van der Waals surface area (Å²) in [5.74, 6) is -0.974. The van der Waals surface area contributed by atoms with Crippen LogP contribution < -0.4 is 5.32 Å². The SMILES string of the molecule is CCCCCCCCCCCCCCCCNC(CO)C(=O)O. The van der Waals surface area contributed by atoms with Gasteiger partial charge in [0.2, 0.25) is 0 Å². The van der Waals surface area contributed by atoms with Crippen LogP contribution in [0.15, 0.2) is 0 Å². The Labute approximate surface area is 143 Å². The number of unbranched alkanes of at least 4 members (excludes halogenated alkanes) is 13. The van der Waals surface area contributed by atoms with Crippen molar-refractivity contribution < 1.29 is 15.0 Å². The lowest BCUT2D eigenvalue weighted by atomic mass is 10.0. The summed E-state index contributed by atoms with van der Waals surface area (Å²) >= 11 is 0. The third kappa shape index (κ3) is 16.0. The molecule has 0 aliphatic heterocycles. The minimum absolute atomic E-state index is 0.339. The number of hydrogen-bond donors (Lipinski definition) is 3. The summed E-state index contributed by atoms with van der Waals surface area (Å²) < 4.78 is 0. The topological polar surface area (TPSA) is 69.6 Å². The van der Waals surface area contributed by atoms with Crippen molar-refractivity contribution in [3.8, 4) is 0 Å². The Bertz CT molecular complexity index is 259. The fraction of sp³-hybridized carbons (Fsp3) is 0.947. The molecule has 0 spiro atoms. The number of nitrogens with one attached hydrogen (secondary N) is 1. The molecule has 23 heavy (non-hydrogen) atoms. The lowest BCUT2D eigenvalue weighted by Crippen LogP contribution is -2.40. The Morgan fingerprint density at radius 1 is 0.783 bits per heavy atom. The maximum Gasteiger partial charge on any atom is 0.323 e. The van der Waals surface area contributed by atoms with Gasteiger partial charge < -0.3 is 15.5 Å². The van der Waals surface area contributed by atoms with Crippen LogP contribution in [0.25, 0.3) is 0 Å². The van der Waals surface area contributed by atoms with Gasteiger partial charge in [-0.3, -0.25) is 4.79 Å². The molecule has 0 heterocycles. The fourth-order valence-electron chi connectivity index (χ4n) is 2.83. The van der Waals surface area contributed by atoms with Crippen LogP contribution in [0.4, 0.5) is 0 Å². The second kappa shape index (κ2) is 17.7. The van der Waals surface area contributed by atoms with Gasteiger partial charge in [0.05, 0.1) is 6.61 Å². The fourth-order valence-corrected chi connectivity index (χ4v) is 2.83. The lowest BCUT2D eigenvalue weighted by molar-refractivity contribution is -0.140. The van der Waals surface area contributed by atoms with E-state index < -0.39 is 12.0 Å². The predicted octanol–water partition coefficient (Wildman–Crippen LogP) is 4.50. The highest BCUT2D eigenvalue weighted by Gasteiger charge is 2.13.